The Hall–Kier alpha value is -2.90. The topological polar surface area (TPSA) is 69.5 Å². The highest BCUT2D eigenvalue weighted by Crippen LogP contribution is 2.25. The van der Waals surface area contributed by atoms with Gasteiger partial charge in [0, 0.05) is 23.7 Å². The SMILES string of the molecule is COc1ccc(-c2nc(C(=O)N3CCOCC3)nn2-c2cccc(Cl)c2)cc1. The monoisotopic (exact) mass is 398 g/mol. The highest BCUT2D eigenvalue weighted by molar-refractivity contribution is 6.30. The fourth-order valence-corrected chi connectivity index (χ4v) is 3.21. The first-order valence-electron chi connectivity index (χ1n) is 8.90. The molecule has 0 aliphatic carbocycles. The minimum Gasteiger partial charge on any atom is -0.497 e. The molecule has 0 radical (unpaired) electrons. The Balaban J connectivity index is 1.78. The van der Waals surface area contributed by atoms with E-state index in [0.29, 0.717) is 37.2 Å². The van der Waals surface area contributed by atoms with Crippen LogP contribution in [0.1, 0.15) is 10.6 Å². The molecule has 8 heteroatoms. The van der Waals surface area contributed by atoms with E-state index in [1.54, 1.807) is 28.8 Å². The smallest absolute Gasteiger partial charge is 0.293 e. The van der Waals surface area contributed by atoms with Crippen LogP contribution in [0.15, 0.2) is 48.5 Å². The summed E-state index contributed by atoms with van der Waals surface area (Å²) in [5.41, 5.74) is 1.54. The zero-order chi connectivity index (χ0) is 19.5. The number of rotatable bonds is 4. The number of carbonyl (C=O) groups is 1. The third-order valence-corrected chi connectivity index (χ3v) is 4.73. The third kappa shape index (κ3) is 3.72. The number of aromatic nitrogens is 3. The Kier molecular flexibility index (Phi) is 5.27. The molecule has 0 N–H and O–H groups in total. The van der Waals surface area contributed by atoms with Crippen LogP contribution in [-0.2, 0) is 4.74 Å². The number of hydrogen-bond donors (Lipinski definition) is 0. The number of morpholine rings is 1. The third-order valence-electron chi connectivity index (χ3n) is 4.50. The van der Waals surface area contributed by atoms with E-state index in [-0.39, 0.29) is 11.7 Å². The summed E-state index contributed by atoms with van der Waals surface area (Å²) in [5, 5.41) is 5.08. The molecule has 1 aromatic heterocycles. The molecule has 0 unspecified atom stereocenters. The first-order chi connectivity index (χ1) is 13.7. The van der Waals surface area contributed by atoms with E-state index in [1.807, 2.05) is 36.4 Å². The van der Waals surface area contributed by atoms with Crippen LogP contribution < -0.4 is 4.74 Å². The molecule has 1 saturated heterocycles. The molecule has 2 heterocycles. The van der Waals surface area contributed by atoms with Crippen LogP contribution in [0.25, 0.3) is 17.1 Å². The van der Waals surface area contributed by atoms with Gasteiger partial charge in [-0.15, -0.1) is 5.10 Å². The number of amides is 1. The number of hydrogen-bond acceptors (Lipinski definition) is 5. The Morgan fingerprint density at radius 2 is 1.89 bits per heavy atom. The summed E-state index contributed by atoms with van der Waals surface area (Å²) in [7, 11) is 1.61. The molecule has 1 amide bonds. The predicted octanol–water partition coefficient (Wildman–Crippen LogP) is 3.07. The molecule has 0 bridgehead atoms. The van der Waals surface area contributed by atoms with Gasteiger partial charge in [0.2, 0.25) is 5.82 Å². The van der Waals surface area contributed by atoms with Gasteiger partial charge in [0.15, 0.2) is 5.82 Å². The van der Waals surface area contributed by atoms with Crippen molar-refractivity contribution >= 4 is 17.5 Å². The van der Waals surface area contributed by atoms with Gasteiger partial charge in [-0.1, -0.05) is 17.7 Å². The Bertz CT molecular complexity index is 981. The van der Waals surface area contributed by atoms with Gasteiger partial charge in [0.25, 0.3) is 5.91 Å². The summed E-state index contributed by atoms with van der Waals surface area (Å²) < 4.78 is 12.2. The van der Waals surface area contributed by atoms with Gasteiger partial charge in [0.1, 0.15) is 5.75 Å². The molecule has 0 saturated carbocycles. The maximum absolute atomic E-state index is 12.9. The molecule has 144 valence electrons. The van der Waals surface area contributed by atoms with Gasteiger partial charge in [-0.05, 0) is 42.5 Å². The molecule has 2 aromatic carbocycles. The average molecular weight is 399 g/mol. The standard InChI is InChI=1S/C20H19ClN4O3/c1-27-17-7-5-14(6-8-17)19-22-18(20(26)24-9-11-28-12-10-24)23-25(19)16-4-2-3-15(21)13-16/h2-8,13H,9-12H2,1H3. The van der Waals surface area contributed by atoms with E-state index in [2.05, 4.69) is 10.1 Å². The van der Waals surface area contributed by atoms with E-state index in [9.17, 15) is 4.79 Å². The van der Waals surface area contributed by atoms with Gasteiger partial charge in [0.05, 0.1) is 26.0 Å². The van der Waals surface area contributed by atoms with Crippen LogP contribution in [0.4, 0.5) is 0 Å². The second kappa shape index (κ2) is 8.00. The zero-order valence-electron chi connectivity index (χ0n) is 15.3. The maximum Gasteiger partial charge on any atom is 0.293 e. The van der Waals surface area contributed by atoms with Crippen LogP contribution in [-0.4, -0.2) is 59.0 Å². The van der Waals surface area contributed by atoms with Crippen molar-refractivity contribution in [2.75, 3.05) is 33.4 Å². The Morgan fingerprint density at radius 1 is 1.14 bits per heavy atom. The molecule has 1 fully saturated rings. The van der Waals surface area contributed by atoms with E-state index in [4.69, 9.17) is 21.1 Å². The summed E-state index contributed by atoms with van der Waals surface area (Å²) in [5.74, 6) is 1.23. The number of halogens is 1. The van der Waals surface area contributed by atoms with Gasteiger partial charge < -0.3 is 14.4 Å². The van der Waals surface area contributed by atoms with Crippen molar-refractivity contribution in [3.8, 4) is 22.8 Å². The molecule has 7 nitrogen and oxygen atoms in total. The van der Waals surface area contributed by atoms with Crippen LogP contribution in [0.3, 0.4) is 0 Å². The normalized spacial score (nSPS) is 14.1. The van der Waals surface area contributed by atoms with Gasteiger partial charge in [-0.2, -0.15) is 0 Å². The minimum atomic E-state index is -0.209. The average Bonchev–Trinajstić information content (AvgIpc) is 3.19. The lowest BCUT2D eigenvalue weighted by atomic mass is 10.2. The van der Waals surface area contributed by atoms with Crippen molar-refractivity contribution in [1.29, 1.82) is 0 Å². The van der Waals surface area contributed by atoms with Gasteiger partial charge >= 0.3 is 0 Å². The predicted molar refractivity (Wildman–Crippen MR) is 105 cm³/mol. The molecular weight excluding hydrogens is 380 g/mol. The fourth-order valence-electron chi connectivity index (χ4n) is 3.03. The van der Waals surface area contributed by atoms with Crippen LogP contribution in [0.2, 0.25) is 5.02 Å². The van der Waals surface area contributed by atoms with E-state index >= 15 is 0 Å². The molecule has 1 aliphatic rings. The second-order valence-electron chi connectivity index (χ2n) is 6.28. The quantitative estimate of drug-likeness (QED) is 0.675. The molecule has 1 aliphatic heterocycles. The Morgan fingerprint density at radius 3 is 2.57 bits per heavy atom. The van der Waals surface area contributed by atoms with Crippen molar-refractivity contribution in [2.45, 2.75) is 0 Å². The lowest BCUT2D eigenvalue weighted by Crippen LogP contribution is -2.41. The summed E-state index contributed by atoms with van der Waals surface area (Å²) in [6, 6.07) is 14.7. The van der Waals surface area contributed by atoms with E-state index < -0.39 is 0 Å². The maximum atomic E-state index is 12.9. The summed E-state index contributed by atoms with van der Waals surface area (Å²) in [6.45, 7) is 2.10. The lowest BCUT2D eigenvalue weighted by Gasteiger charge is -2.25. The molecule has 28 heavy (non-hydrogen) atoms. The lowest BCUT2D eigenvalue weighted by molar-refractivity contribution is 0.0295. The van der Waals surface area contributed by atoms with Crippen LogP contribution in [0, 0.1) is 0 Å². The molecule has 3 aromatic rings. The number of benzene rings is 2. The van der Waals surface area contributed by atoms with Crippen molar-refractivity contribution < 1.29 is 14.3 Å². The second-order valence-corrected chi connectivity index (χ2v) is 6.72. The van der Waals surface area contributed by atoms with Gasteiger partial charge in [-0.3, -0.25) is 4.79 Å². The molecule has 0 spiro atoms. The van der Waals surface area contributed by atoms with E-state index in [1.165, 1.54) is 0 Å². The minimum absolute atomic E-state index is 0.146. The highest BCUT2D eigenvalue weighted by Gasteiger charge is 2.25. The number of nitrogens with zero attached hydrogens (tertiary/aromatic N) is 4. The largest absolute Gasteiger partial charge is 0.497 e. The number of carbonyl (C=O) groups excluding carboxylic acids is 1. The van der Waals surface area contributed by atoms with Gasteiger partial charge in [-0.25, -0.2) is 9.67 Å². The number of ether oxygens (including phenoxy) is 2. The van der Waals surface area contributed by atoms with Crippen molar-refractivity contribution in [1.82, 2.24) is 19.7 Å². The number of methoxy groups -OCH3 is 1. The highest BCUT2D eigenvalue weighted by atomic mass is 35.5. The summed E-state index contributed by atoms with van der Waals surface area (Å²) >= 11 is 6.16. The fraction of sp³-hybridized carbons (Fsp3) is 0.250. The van der Waals surface area contributed by atoms with Crippen molar-refractivity contribution in [3.63, 3.8) is 0 Å². The first-order valence-corrected chi connectivity index (χ1v) is 9.28. The molecular formula is C20H19ClN4O3. The van der Waals surface area contributed by atoms with Crippen molar-refractivity contribution in [3.05, 3.63) is 59.4 Å². The van der Waals surface area contributed by atoms with Crippen LogP contribution >= 0.6 is 11.6 Å². The van der Waals surface area contributed by atoms with Crippen molar-refractivity contribution in [2.24, 2.45) is 0 Å². The first kappa shape index (κ1) is 18.5. The van der Waals surface area contributed by atoms with Crippen LogP contribution in [0.5, 0.6) is 5.75 Å². The Labute approximate surface area is 167 Å². The molecule has 0 atom stereocenters. The summed E-state index contributed by atoms with van der Waals surface area (Å²) in [4.78, 5) is 19.1. The zero-order valence-corrected chi connectivity index (χ0v) is 16.1. The molecule has 4 rings (SSSR count). The summed E-state index contributed by atoms with van der Waals surface area (Å²) in [6.07, 6.45) is 0. The van der Waals surface area contributed by atoms with E-state index in [0.717, 1.165) is 17.0 Å².